The van der Waals surface area contributed by atoms with Crippen molar-refractivity contribution in [2.45, 2.75) is 38.3 Å². The summed E-state index contributed by atoms with van der Waals surface area (Å²) in [5.74, 6) is 1.10. The molecular weight excluding hydrogens is 290 g/mol. The Kier molecular flexibility index (Phi) is 4.31. The van der Waals surface area contributed by atoms with Crippen LogP contribution in [-0.2, 0) is 4.74 Å². The molecule has 2 atom stereocenters. The van der Waals surface area contributed by atoms with Gasteiger partial charge in [0.25, 0.3) is 5.91 Å². The summed E-state index contributed by atoms with van der Waals surface area (Å²) in [5, 5.41) is 6.58. The third kappa shape index (κ3) is 3.30. The summed E-state index contributed by atoms with van der Waals surface area (Å²) in [5.41, 5.74) is 0.489. The Hall–Kier alpha value is -1.33. The highest BCUT2D eigenvalue weighted by atomic mass is 35.5. The molecule has 1 saturated carbocycles. The first-order chi connectivity index (χ1) is 10.2. The van der Waals surface area contributed by atoms with Gasteiger partial charge in [-0.1, -0.05) is 11.6 Å². The van der Waals surface area contributed by atoms with Crippen LogP contribution >= 0.6 is 11.6 Å². The average Bonchev–Trinajstić information content (AvgIpc) is 3.21. The van der Waals surface area contributed by atoms with Crippen molar-refractivity contribution in [3.05, 3.63) is 22.8 Å². The minimum Gasteiger partial charge on any atom is -0.376 e. The van der Waals surface area contributed by atoms with Gasteiger partial charge in [0.15, 0.2) is 0 Å². The molecule has 1 aliphatic carbocycles. The number of halogens is 1. The molecule has 1 aliphatic heterocycles. The summed E-state index contributed by atoms with van der Waals surface area (Å²) in [7, 11) is 0. The number of nitrogens with one attached hydrogen (secondary N) is 2. The van der Waals surface area contributed by atoms with Gasteiger partial charge in [0.05, 0.1) is 22.7 Å². The van der Waals surface area contributed by atoms with Crippen LogP contribution in [0.1, 0.15) is 36.5 Å². The van der Waals surface area contributed by atoms with E-state index in [-0.39, 0.29) is 18.1 Å². The lowest BCUT2D eigenvalue weighted by Crippen LogP contribution is -2.41. The van der Waals surface area contributed by atoms with Gasteiger partial charge in [0, 0.05) is 19.3 Å². The number of carbonyl (C=O) groups excluding carboxylic acids is 1. The molecule has 0 radical (unpaired) electrons. The molecule has 1 saturated heterocycles. The molecule has 3 rings (SSSR count). The predicted octanol–water partition coefficient (Wildman–Crippen LogP) is 2.46. The van der Waals surface area contributed by atoms with E-state index in [4.69, 9.17) is 16.3 Å². The summed E-state index contributed by atoms with van der Waals surface area (Å²) in [6, 6.07) is 1.77. The monoisotopic (exact) mass is 309 g/mol. The summed E-state index contributed by atoms with van der Waals surface area (Å²) in [6.45, 7) is 3.43. The van der Waals surface area contributed by atoms with E-state index in [9.17, 15) is 4.79 Å². The van der Waals surface area contributed by atoms with Crippen LogP contribution < -0.4 is 10.6 Å². The Balaban J connectivity index is 1.66. The highest BCUT2D eigenvalue weighted by Gasteiger charge is 2.41. The topological polar surface area (TPSA) is 63.2 Å². The van der Waals surface area contributed by atoms with Crippen molar-refractivity contribution in [3.8, 4) is 0 Å². The zero-order valence-corrected chi connectivity index (χ0v) is 12.8. The van der Waals surface area contributed by atoms with Crippen LogP contribution in [0.3, 0.4) is 0 Å². The van der Waals surface area contributed by atoms with E-state index in [1.807, 2.05) is 6.92 Å². The zero-order valence-electron chi connectivity index (χ0n) is 12.1. The van der Waals surface area contributed by atoms with E-state index in [1.54, 1.807) is 12.3 Å². The van der Waals surface area contributed by atoms with Gasteiger partial charge in [-0.2, -0.15) is 0 Å². The fourth-order valence-electron chi connectivity index (χ4n) is 2.77. The Morgan fingerprint density at radius 1 is 1.48 bits per heavy atom. The number of pyridine rings is 1. The molecule has 6 heteroatoms. The van der Waals surface area contributed by atoms with Gasteiger partial charge >= 0.3 is 0 Å². The van der Waals surface area contributed by atoms with Gasteiger partial charge in [-0.25, -0.2) is 4.98 Å². The molecule has 114 valence electrons. The maximum Gasteiger partial charge on any atom is 0.253 e. The van der Waals surface area contributed by atoms with Gasteiger partial charge in [0.1, 0.15) is 5.82 Å². The minimum absolute atomic E-state index is 0.109. The van der Waals surface area contributed by atoms with Crippen LogP contribution in [0.15, 0.2) is 12.3 Å². The lowest BCUT2D eigenvalue weighted by molar-refractivity contribution is 0.0729. The van der Waals surface area contributed by atoms with Crippen molar-refractivity contribution in [2.24, 2.45) is 5.92 Å². The molecule has 0 aromatic carbocycles. The van der Waals surface area contributed by atoms with Gasteiger partial charge in [0.2, 0.25) is 0 Å². The first-order valence-electron chi connectivity index (χ1n) is 7.51. The minimum atomic E-state index is -0.131. The molecule has 1 aromatic rings. The molecule has 2 unspecified atom stereocenters. The van der Waals surface area contributed by atoms with Crippen molar-refractivity contribution in [1.82, 2.24) is 10.3 Å². The Bertz CT molecular complexity index is 534. The van der Waals surface area contributed by atoms with Crippen molar-refractivity contribution in [2.75, 3.05) is 18.5 Å². The SMILES string of the molecule is CCNc1ncc(C(=O)NC2CCOC2C2CC2)cc1Cl. The molecule has 5 nitrogen and oxygen atoms in total. The lowest BCUT2D eigenvalue weighted by atomic mass is 10.1. The van der Waals surface area contributed by atoms with E-state index < -0.39 is 0 Å². The molecule has 21 heavy (non-hydrogen) atoms. The van der Waals surface area contributed by atoms with E-state index in [0.717, 1.165) is 19.6 Å². The van der Waals surface area contributed by atoms with E-state index in [1.165, 1.54) is 12.8 Å². The second kappa shape index (κ2) is 6.20. The quantitative estimate of drug-likeness (QED) is 0.877. The number of ether oxygens (including phenoxy) is 1. The van der Waals surface area contributed by atoms with Crippen molar-refractivity contribution in [1.29, 1.82) is 0 Å². The fraction of sp³-hybridized carbons (Fsp3) is 0.600. The maximum absolute atomic E-state index is 12.3. The van der Waals surface area contributed by atoms with Crippen molar-refractivity contribution >= 4 is 23.3 Å². The highest BCUT2D eigenvalue weighted by molar-refractivity contribution is 6.33. The smallest absolute Gasteiger partial charge is 0.253 e. The largest absolute Gasteiger partial charge is 0.376 e. The number of nitrogens with zero attached hydrogens (tertiary/aromatic N) is 1. The molecule has 2 heterocycles. The van der Waals surface area contributed by atoms with Gasteiger partial charge in [-0.05, 0) is 38.2 Å². The van der Waals surface area contributed by atoms with Gasteiger partial charge in [-0.15, -0.1) is 0 Å². The normalized spacial score (nSPS) is 24.9. The third-order valence-corrected chi connectivity index (χ3v) is 4.27. The zero-order chi connectivity index (χ0) is 14.8. The maximum atomic E-state index is 12.3. The molecule has 0 bridgehead atoms. The van der Waals surface area contributed by atoms with E-state index in [0.29, 0.717) is 22.3 Å². The van der Waals surface area contributed by atoms with Gasteiger partial charge in [-0.3, -0.25) is 4.79 Å². The first-order valence-corrected chi connectivity index (χ1v) is 7.88. The van der Waals surface area contributed by atoms with Crippen LogP contribution in [0.25, 0.3) is 0 Å². The van der Waals surface area contributed by atoms with Crippen LogP contribution in [0.4, 0.5) is 5.82 Å². The van der Waals surface area contributed by atoms with Crippen LogP contribution in [0.2, 0.25) is 5.02 Å². The second-order valence-electron chi connectivity index (χ2n) is 5.63. The summed E-state index contributed by atoms with van der Waals surface area (Å²) >= 11 is 6.13. The average molecular weight is 310 g/mol. The van der Waals surface area contributed by atoms with E-state index in [2.05, 4.69) is 15.6 Å². The number of anilines is 1. The second-order valence-corrected chi connectivity index (χ2v) is 6.03. The molecule has 0 spiro atoms. The number of carbonyl (C=O) groups is 1. The highest BCUT2D eigenvalue weighted by Crippen LogP contribution is 2.38. The number of hydrogen-bond acceptors (Lipinski definition) is 4. The third-order valence-electron chi connectivity index (χ3n) is 3.99. The molecule has 2 aliphatic rings. The Morgan fingerprint density at radius 2 is 2.29 bits per heavy atom. The van der Waals surface area contributed by atoms with Crippen LogP contribution in [-0.4, -0.2) is 36.2 Å². The number of hydrogen-bond donors (Lipinski definition) is 2. The number of amides is 1. The molecular formula is C15H20ClN3O2. The molecule has 1 amide bonds. The van der Waals surface area contributed by atoms with Crippen molar-refractivity contribution in [3.63, 3.8) is 0 Å². The van der Waals surface area contributed by atoms with Gasteiger partial charge < -0.3 is 15.4 Å². The summed E-state index contributed by atoms with van der Waals surface area (Å²) in [4.78, 5) is 16.5. The standard InChI is InChI=1S/C15H20ClN3O2/c1-2-17-14-11(16)7-10(8-18-14)15(20)19-12-5-6-21-13(12)9-3-4-9/h7-9,12-13H,2-6H2,1H3,(H,17,18)(H,19,20). The fourth-order valence-corrected chi connectivity index (χ4v) is 3.00. The van der Waals surface area contributed by atoms with Crippen LogP contribution in [0.5, 0.6) is 0 Å². The Morgan fingerprint density at radius 3 is 2.95 bits per heavy atom. The predicted molar refractivity (Wildman–Crippen MR) is 81.7 cm³/mol. The lowest BCUT2D eigenvalue weighted by Gasteiger charge is -2.19. The Labute approximate surface area is 129 Å². The van der Waals surface area contributed by atoms with E-state index >= 15 is 0 Å². The molecule has 2 N–H and O–H groups in total. The molecule has 2 fully saturated rings. The molecule has 1 aromatic heterocycles. The summed E-state index contributed by atoms with van der Waals surface area (Å²) < 4.78 is 5.73. The summed E-state index contributed by atoms with van der Waals surface area (Å²) in [6.07, 6.45) is 5.03. The number of rotatable bonds is 5. The van der Waals surface area contributed by atoms with Crippen LogP contribution in [0, 0.1) is 5.92 Å². The van der Waals surface area contributed by atoms with Crippen molar-refractivity contribution < 1.29 is 9.53 Å². The number of aromatic nitrogens is 1. The first kappa shape index (κ1) is 14.6.